The number of benzene rings is 5. The number of fused-ring (bicyclic) bond motifs is 13. The van der Waals surface area contributed by atoms with E-state index in [0.29, 0.717) is 12.1 Å². The van der Waals surface area contributed by atoms with E-state index in [1.165, 1.54) is 60.8 Å². The van der Waals surface area contributed by atoms with Gasteiger partial charge in [0.2, 0.25) is 0 Å². The lowest BCUT2D eigenvalue weighted by atomic mass is 9.84. The van der Waals surface area contributed by atoms with Gasteiger partial charge in [-0.2, -0.15) is 4.58 Å². The molecule has 1 unspecified atom stereocenters. The quantitative estimate of drug-likeness (QED) is 0.162. The molecule has 7 aromatic rings. The molecule has 0 radical (unpaired) electrons. The highest BCUT2D eigenvalue weighted by Crippen LogP contribution is 2.52. The SMILES string of the molecule is [2H]CC(C)(C[2H])c1ccc2c3c(ccc2c1)C1(N(C2CCCCC2)C=C(c2ccccc2)C=[N+]1C1CCCCC1)[n+]1cnc2c(c1-3)c1c3ccccc3c(C([2H])([2H])C(C)C)cc1n2C. The Balaban J connectivity index is 1.32. The highest BCUT2D eigenvalue weighted by Gasteiger charge is 2.66. The van der Waals surface area contributed by atoms with E-state index in [2.05, 4.69) is 129 Å². The van der Waals surface area contributed by atoms with Crippen LogP contribution in [0.4, 0.5) is 0 Å². The molecule has 0 bridgehead atoms. The summed E-state index contributed by atoms with van der Waals surface area (Å²) < 4.78 is 43.4. The summed E-state index contributed by atoms with van der Waals surface area (Å²) in [6, 6.07) is 33.6. The Labute approximate surface area is 361 Å². The van der Waals surface area contributed by atoms with Crippen LogP contribution in [-0.2, 0) is 24.6 Å². The third-order valence-electron chi connectivity index (χ3n) is 14.4. The molecule has 5 aromatic carbocycles. The van der Waals surface area contributed by atoms with E-state index in [1.807, 2.05) is 26.8 Å². The zero-order valence-electron chi connectivity index (χ0n) is 39.8. The smallest absolute Gasteiger partial charge is 0.307 e. The second-order valence-electron chi connectivity index (χ2n) is 19.0. The highest BCUT2D eigenvalue weighted by molar-refractivity contribution is 6.24. The largest absolute Gasteiger partial charge is 0.417 e. The van der Waals surface area contributed by atoms with Gasteiger partial charge in [-0.3, -0.25) is 4.90 Å². The van der Waals surface area contributed by atoms with Crippen LogP contribution in [0.3, 0.4) is 0 Å². The molecule has 0 amide bonds. The summed E-state index contributed by atoms with van der Waals surface area (Å²) in [6.07, 6.45) is 17.4. The van der Waals surface area contributed by atoms with Gasteiger partial charge in [-0.15, -0.1) is 4.57 Å². The lowest BCUT2D eigenvalue weighted by Gasteiger charge is -2.45. The molecular weight excluding hydrogens is 731 g/mol. The molecule has 60 heavy (non-hydrogen) atoms. The van der Waals surface area contributed by atoms with Crippen molar-refractivity contribution in [1.82, 2.24) is 14.5 Å². The summed E-state index contributed by atoms with van der Waals surface area (Å²) in [5, 5.41) is 6.46. The first-order valence-corrected chi connectivity index (χ1v) is 22.6. The maximum atomic E-state index is 9.42. The fourth-order valence-corrected chi connectivity index (χ4v) is 11.6. The molecule has 4 aliphatic rings. The molecule has 2 saturated carbocycles. The average Bonchev–Trinajstić information content (AvgIpc) is 3.80. The van der Waals surface area contributed by atoms with Crippen molar-refractivity contribution in [2.75, 3.05) is 0 Å². The van der Waals surface area contributed by atoms with Gasteiger partial charge < -0.3 is 4.57 Å². The van der Waals surface area contributed by atoms with Crippen LogP contribution in [0.5, 0.6) is 0 Å². The summed E-state index contributed by atoms with van der Waals surface area (Å²) in [5.41, 5.74) is 9.12. The van der Waals surface area contributed by atoms with Crippen molar-refractivity contribution >= 4 is 55.3 Å². The van der Waals surface area contributed by atoms with Crippen molar-refractivity contribution in [3.8, 4) is 11.3 Å². The Morgan fingerprint density at radius 2 is 1.57 bits per heavy atom. The van der Waals surface area contributed by atoms with Crippen LogP contribution in [0.15, 0.2) is 104 Å². The minimum Gasteiger partial charge on any atom is -0.307 e. The van der Waals surface area contributed by atoms with E-state index in [9.17, 15) is 2.74 Å². The second kappa shape index (κ2) is 14.1. The summed E-state index contributed by atoms with van der Waals surface area (Å²) in [7, 11) is 2.10. The molecule has 11 rings (SSSR count). The molecule has 0 N–H and O–H groups in total. The van der Waals surface area contributed by atoms with Crippen LogP contribution in [0.25, 0.3) is 60.3 Å². The van der Waals surface area contributed by atoms with E-state index in [4.69, 9.17) is 7.73 Å². The highest BCUT2D eigenvalue weighted by atomic mass is 15.5. The van der Waals surface area contributed by atoms with Crippen molar-refractivity contribution in [2.45, 2.75) is 128 Å². The Morgan fingerprint density at radius 3 is 2.32 bits per heavy atom. The number of rotatable bonds is 5. The zero-order chi connectivity index (χ0) is 44.1. The molecule has 2 aromatic heterocycles. The molecule has 1 spiro atoms. The first kappa shape index (κ1) is 33.4. The van der Waals surface area contributed by atoms with Crippen molar-refractivity contribution < 1.29 is 14.6 Å². The molecule has 4 heterocycles. The van der Waals surface area contributed by atoms with Gasteiger partial charge in [0.05, 0.1) is 11.1 Å². The maximum Gasteiger partial charge on any atom is 0.417 e. The molecule has 304 valence electrons. The van der Waals surface area contributed by atoms with Crippen LogP contribution in [0.2, 0.25) is 0 Å². The Bertz CT molecular complexity index is 3040. The Kier molecular flexibility index (Phi) is 7.88. The van der Waals surface area contributed by atoms with E-state index in [1.54, 1.807) is 0 Å². The van der Waals surface area contributed by atoms with Gasteiger partial charge in [0.1, 0.15) is 10.9 Å². The first-order chi connectivity index (χ1) is 31.0. The number of hydrogen-bond donors (Lipinski definition) is 0. The molecular formula is C55H61N5+2. The van der Waals surface area contributed by atoms with Gasteiger partial charge in [-0.25, -0.2) is 0 Å². The number of nitrogens with zero attached hydrogens (tertiary/aromatic N) is 5. The number of hydrogen-bond acceptors (Lipinski definition) is 2. The topological polar surface area (TPSA) is 27.9 Å². The predicted octanol–water partition coefficient (Wildman–Crippen LogP) is 12.6. The lowest BCUT2D eigenvalue weighted by molar-refractivity contribution is -0.944. The monoisotopic (exact) mass is 796 g/mol. The number of aromatic nitrogens is 3. The normalized spacial score (nSPS) is 21.3. The van der Waals surface area contributed by atoms with E-state index >= 15 is 0 Å². The summed E-state index contributed by atoms with van der Waals surface area (Å²) in [4.78, 5) is 8.32. The summed E-state index contributed by atoms with van der Waals surface area (Å²) in [6.45, 7) is 6.31. The molecule has 2 aliphatic heterocycles. The van der Waals surface area contributed by atoms with Gasteiger partial charge in [0.25, 0.3) is 12.0 Å². The number of aryl methyl sites for hydroxylation is 1. The van der Waals surface area contributed by atoms with E-state index in [0.717, 1.165) is 86.0 Å². The van der Waals surface area contributed by atoms with E-state index < -0.39 is 17.6 Å². The molecule has 5 nitrogen and oxygen atoms in total. The standard InChI is InChI=1S/C55H61N5/c1-36(2)30-39-32-48-50(46-25-17-16-24-44(39)46)51-52-49-45-28-27-41(54(3,4)5)31-38(45)26-29-47(49)55(60(52)35-56-53(51)57(48)6)58(42-20-12-8-13-21-42)33-40(37-18-10-7-11-19-37)34-59(55)43-22-14-9-15-23-43/h7,10-11,16-19,24-29,31-36,42-43H,8-9,12-15,20-23,30H2,1-6H3/q+2/i3D,4D,30D2. The minimum atomic E-state index is -1.55. The van der Waals surface area contributed by atoms with Gasteiger partial charge in [0, 0.05) is 48.6 Å². The van der Waals surface area contributed by atoms with Crippen LogP contribution >= 0.6 is 0 Å². The molecule has 1 atom stereocenters. The molecule has 0 saturated heterocycles. The molecule has 5 heteroatoms. The van der Waals surface area contributed by atoms with Gasteiger partial charge in [-0.1, -0.05) is 139 Å². The maximum absolute atomic E-state index is 9.42. The van der Waals surface area contributed by atoms with Gasteiger partial charge >= 0.3 is 5.79 Å². The van der Waals surface area contributed by atoms with Crippen molar-refractivity contribution in [3.63, 3.8) is 0 Å². The van der Waals surface area contributed by atoms with Gasteiger partial charge in [-0.05, 0) is 98.7 Å². The molecule has 2 fully saturated rings. The minimum absolute atomic E-state index is 0.152. The molecule has 2 aliphatic carbocycles. The Morgan fingerprint density at radius 1 is 0.833 bits per heavy atom. The van der Waals surface area contributed by atoms with E-state index in [-0.39, 0.29) is 19.7 Å². The van der Waals surface area contributed by atoms with Crippen LogP contribution < -0.4 is 4.57 Å². The summed E-state index contributed by atoms with van der Waals surface area (Å²) in [5.74, 6) is -0.978. The summed E-state index contributed by atoms with van der Waals surface area (Å²) >= 11 is 0. The Hall–Kier alpha value is -5.29. The average molecular weight is 796 g/mol. The van der Waals surface area contributed by atoms with Crippen molar-refractivity contribution in [1.29, 1.82) is 0 Å². The van der Waals surface area contributed by atoms with Crippen LogP contribution in [0, 0.1) is 5.92 Å². The van der Waals surface area contributed by atoms with Gasteiger partial charge in [0.15, 0.2) is 18.0 Å². The zero-order valence-corrected chi connectivity index (χ0v) is 35.8. The van der Waals surface area contributed by atoms with Crippen molar-refractivity contribution in [2.24, 2.45) is 13.0 Å². The predicted molar refractivity (Wildman–Crippen MR) is 250 cm³/mol. The fourth-order valence-electron chi connectivity index (χ4n) is 11.6. The third-order valence-corrected chi connectivity index (χ3v) is 14.4. The third kappa shape index (κ3) is 5.60. The first-order valence-electron chi connectivity index (χ1n) is 25.1. The van der Waals surface area contributed by atoms with Crippen LogP contribution in [-0.4, -0.2) is 37.3 Å². The fraction of sp³-hybridized carbons (Fsp3) is 0.400. The second-order valence-corrected chi connectivity index (χ2v) is 19.0. The van der Waals surface area contributed by atoms with Crippen molar-refractivity contribution in [3.05, 3.63) is 126 Å². The number of allylic oxidation sites excluding steroid dienone is 1. The lowest BCUT2D eigenvalue weighted by Crippen LogP contribution is -2.74. The van der Waals surface area contributed by atoms with Crippen LogP contribution in [0.1, 0.15) is 127 Å².